The molecule has 0 fully saturated rings. The number of imidazole rings is 1. The van der Waals surface area contributed by atoms with Crippen molar-refractivity contribution in [1.82, 2.24) is 9.97 Å². The Bertz CT molecular complexity index is 756. The molecule has 0 aliphatic carbocycles. The number of nitrogens with zero attached hydrogens (tertiary/aromatic N) is 2. The zero-order valence-electron chi connectivity index (χ0n) is 10.8. The minimum Gasteiger partial charge on any atom is -0.493 e. The minimum atomic E-state index is 0.547. The molecule has 3 rings (SSSR count). The van der Waals surface area contributed by atoms with Gasteiger partial charge in [-0.25, -0.2) is 4.98 Å². The molecule has 0 saturated heterocycles. The third-order valence-electron chi connectivity index (χ3n) is 3.03. The fourth-order valence-corrected chi connectivity index (χ4v) is 2.07. The average Bonchev–Trinajstić information content (AvgIpc) is 2.91. The zero-order valence-corrected chi connectivity index (χ0v) is 10.8. The van der Waals surface area contributed by atoms with Crippen LogP contribution in [0.2, 0.25) is 0 Å². The van der Waals surface area contributed by atoms with E-state index in [-0.39, 0.29) is 0 Å². The number of nitriles is 1. The number of para-hydroxylation sites is 2. The molecule has 0 aliphatic rings. The van der Waals surface area contributed by atoms with Gasteiger partial charge in [0.05, 0.1) is 17.7 Å². The summed E-state index contributed by atoms with van der Waals surface area (Å²) in [5.41, 5.74) is 2.21. The van der Waals surface area contributed by atoms with Crippen LogP contribution in [0.5, 0.6) is 5.75 Å². The van der Waals surface area contributed by atoms with Crippen molar-refractivity contribution < 1.29 is 4.74 Å². The molecule has 0 radical (unpaired) electrons. The highest BCUT2D eigenvalue weighted by molar-refractivity contribution is 5.81. The third kappa shape index (κ3) is 2.47. The maximum Gasteiger partial charge on any atom is 0.119 e. The van der Waals surface area contributed by atoms with Crippen molar-refractivity contribution in [3.8, 4) is 11.8 Å². The molecule has 0 saturated carbocycles. The van der Waals surface area contributed by atoms with E-state index in [4.69, 9.17) is 10.00 Å². The van der Waals surface area contributed by atoms with E-state index in [2.05, 4.69) is 16.0 Å². The number of aromatic amines is 1. The minimum absolute atomic E-state index is 0.547. The van der Waals surface area contributed by atoms with Gasteiger partial charge in [0.25, 0.3) is 0 Å². The van der Waals surface area contributed by atoms with Crippen molar-refractivity contribution in [2.24, 2.45) is 0 Å². The molecule has 0 aliphatic heterocycles. The molecule has 2 aromatic carbocycles. The first-order valence-corrected chi connectivity index (χ1v) is 6.42. The van der Waals surface area contributed by atoms with Gasteiger partial charge in [0.15, 0.2) is 0 Å². The first kappa shape index (κ1) is 12.2. The fraction of sp³-hybridized carbons (Fsp3) is 0.125. The second-order valence-corrected chi connectivity index (χ2v) is 4.41. The number of hydrogen-bond acceptors (Lipinski definition) is 3. The molecular weight excluding hydrogens is 250 g/mol. The van der Waals surface area contributed by atoms with Crippen LogP contribution in [-0.4, -0.2) is 16.6 Å². The summed E-state index contributed by atoms with van der Waals surface area (Å²) in [6.07, 6.45) is 0.675. The third-order valence-corrected chi connectivity index (χ3v) is 3.03. The molecule has 0 amide bonds. The van der Waals surface area contributed by atoms with Crippen LogP contribution in [0.4, 0.5) is 0 Å². The van der Waals surface area contributed by atoms with Crippen LogP contribution in [0.25, 0.3) is 11.0 Å². The molecule has 0 bridgehead atoms. The molecule has 0 atom stereocenters. The summed E-state index contributed by atoms with van der Waals surface area (Å²) < 4.78 is 5.64. The van der Waals surface area contributed by atoms with Crippen LogP contribution in [0, 0.1) is 11.3 Å². The van der Waals surface area contributed by atoms with Crippen molar-refractivity contribution in [3.05, 3.63) is 59.9 Å². The monoisotopic (exact) mass is 263 g/mol. The lowest BCUT2D eigenvalue weighted by Crippen LogP contribution is -2.02. The summed E-state index contributed by atoms with van der Waals surface area (Å²) in [5.74, 6) is 1.68. The molecule has 3 aromatic rings. The van der Waals surface area contributed by atoms with Gasteiger partial charge < -0.3 is 9.72 Å². The average molecular weight is 263 g/mol. The zero-order chi connectivity index (χ0) is 13.8. The Balaban J connectivity index is 1.71. The number of ether oxygens (including phenoxy) is 1. The molecule has 20 heavy (non-hydrogen) atoms. The van der Waals surface area contributed by atoms with E-state index in [9.17, 15) is 0 Å². The quantitative estimate of drug-likeness (QED) is 0.787. The predicted octanol–water partition coefficient (Wildman–Crippen LogP) is 3.06. The lowest BCUT2D eigenvalue weighted by atomic mass is 10.2. The van der Waals surface area contributed by atoms with Crippen LogP contribution < -0.4 is 4.74 Å². The summed E-state index contributed by atoms with van der Waals surface area (Å²) >= 11 is 0. The lowest BCUT2D eigenvalue weighted by Gasteiger charge is -2.03. The Morgan fingerprint density at radius 2 is 1.95 bits per heavy atom. The highest BCUT2D eigenvalue weighted by atomic mass is 16.5. The summed E-state index contributed by atoms with van der Waals surface area (Å²) in [7, 11) is 0. The summed E-state index contributed by atoms with van der Waals surface area (Å²) in [6.45, 7) is 0.547. The van der Waals surface area contributed by atoms with Gasteiger partial charge in [-0.05, 0) is 24.3 Å². The molecular formula is C16H13N3O. The maximum absolute atomic E-state index is 9.04. The van der Waals surface area contributed by atoms with E-state index in [1.807, 2.05) is 42.5 Å². The van der Waals surface area contributed by atoms with Crippen LogP contribution in [0.3, 0.4) is 0 Å². The summed E-state index contributed by atoms with van der Waals surface area (Å²) in [4.78, 5) is 7.67. The fourth-order valence-electron chi connectivity index (χ4n) is 2.07. The Labute approximate surface area is 116 Å². The SMILES string of the molecule is N#Cc1cccc2[nH]c(CCOc3ccccc3)nc12. The number of aromatic nitrogens is 2. The van der Waals surface area contributed by atoms with Gasteiger partial charge in [0.2, 0.25) is 0 Å². The normalized spacial score (nSPS) is 10.3. The van der Waals surface area contributed by atoms with Gasteiger partial charge in [0.1, 0.15) is 23.2 Å². The molecule has 1 aromatic heterocycles. The highest BCUT2D eigenvalue weighted by Crippen LogP contribution is 2.16. The molecule has 98 valence electrons. The molecule has 0 spiro atoms. The molecule has 4 heteroatoms. The first-order valence-electron chi connectivity index (χ1n) is 6.42. The van der Waals surface area contributed by atoms with Crippen molar-refractivity contribution in [2.45, 2.75) is 6.42 Å². The number of nitrogens with one attached hydrogen (secondary N) is 1. The maximum atomic E-state index is 9.04. The van der Waals surface area contributed by atoms with E-state index in [1.165, 1.54) is 0 Å². The topological polar surface area (TPSA) is 61.7 Å². The number of benzene rings is 2. The van der Waals surface area contributed by atoms with Crippen LogP contribution in [0.15, 0.2) is 48.5 Å². The Morgan fingerprint density at radius 3 is 2.75 bits per heavy atom. The number of hydrogen-bond donors (Lipinski definition) is 1. The standard InChI is InChI=1S/C16H13N3O/c17-11-12-5-4-8-14-16(12)19-15(18-14)9-10-20-13-6-2-1-3-7-13/h1-8H,9-10H2,(H,18,19). The highest BCUT2D eigenvalue weighted by Gasteiger charge is 2.06. The van der Waals surface area contributed by atoms with Crippen LogP contribution >= 0.6 is 0 Å². The second-order valence-electron chi connectivity index (χ2n) is 4.41. The van der Waals surface area contributed by atoms with Crippen molar-refractivity contribution >= 4 is 11.0 Å². The smallest absolute Gasteiger partial charge is 0.119 e. The predicted molar refractivity (Wildman–Crippen MR) is 76.4 cm³/mol. The van der Waals surface area contributed by atoms with Gasteiger partial charge in [-0.3, -0.25) is 0 Å². The number of rotatable bonds is 4. The van der Waals surface area contributed by atoms with E-state index in [1.54, 1.807) is 6.07 Å². The van der Waals surface area contributed by atoms with Crippen molar-refractivity contribution in [2.75, 3.05) is 6.61 Å². The Morgan fingerprint density at radius 1 is 1.10 bits per heavy atom. The molecule has 4 nitrogen and oxygen atoms in total. The van der Waals surface area contributed by atoms with E-state index < -0.39 is 0 Å². The van der Waals surface area contributed by atoms with Gasteiger partial charge in [-0.15, -0.1) is 0 Å². The van der Waals surface area contributed by atoms with E-state index in [0.29, 0.717) is 18.6 Å². The van der Waals surface area contributed by atoms with E-state index >= 15 is 0 Å². The number of fused-ring (bicyclic) bond motifs is 1. The summed E-state index contributed by atoms with van der Waals surface area (Å²) in [6, 6.07) is 17.4. The van der Waals surface area contributed by atoms with Gasteiger partial charge in [-0.2, -0.15) is 5.26 Å². The number of H-pyrrole nitrogens is 1. The molecule has 1 heterocycles. The first-order chi connectivity index (χ1) is 9.86. The lowest BCUT2D eigenvalue weighted by molar-refractivity contribution is 0.319. The van der Waals surface area contributed by atoms with Crippen molar-refractivity contribution in [3.63, 3.8) is 0 Å². The van der Waals surface area contributed by atoms with Gasteiger partial charge in [0, 0.05) is 6.42 Å². The largest absolute Gasteiger partial charge is 0.493 e. The van der Waals surface area contributed by atoms with E-state index in [0.717, 1.165) is 22.6 Å². The Kier molecular flexibility index (Phi) is 3.34. The van der Waals surface area contributed by atoms with Crippen LogP contribution in [-0.2, 0) is 6.42 Å². The van der Waals surface area contributed by atoms with Gasteiger partial charge in [-0.1, -0.05) is 24.3 Å². The van der Waals surface area contributed by atoms with Crippen LogP contribution in [0.1, 0.15) is 11.4 Å². The van der Waals surface area contributed by atoms with Gasteiger partial charge >= 0.3 is 0 Å². The Hall–Kier alpha value is -2.80. The summed E-state index contributed by atoms with van der Waals surface area (Å²) in [5, 5.41) is 9.04. The second kappa shape index (κ2) is 5.45. The molecule has 1 N–H and O–H groups in total. The van der Waals surface area contributed by atoms with Crippen molar-refractivity contribution in [1.29, 1.82) is 5.26 Å². The molecule has 0 unspecified atom stereocenters.